The fraction of sp³-hybridized carbons (Fsp3) is 0.400. The molecular weight excluding hydrogens is 404 g/mol. The molecule has 1 fully saturated rings. The molecule has 1 saturated heterocycles. The fourth-order valence-electron chi connectivity index (χ4n) is 3.30. The highest BCUT2D eigenvalue weighted by Crippen LogP contribution is 2.37. The molecule has 29 heavy (non-hydrogen) atoms. The molecule has 3 N–H and O–H groups in total. The molecule has 3 rings (SSSR count). The highest BCUT2D eigenvalue weighted by molar-refractivity contribution is 6.31. The second kappa shape index (κ2) is 8.61. The van der Waals surface area contributed by atoms with Crippen LogP contribution in [0.15, 0.2) is 30.5 Å². The van der Waals surface area contributed by atoms with Gasteiger partial charge in [-0.3, -0.25) is 4.98 Å². The smallest absolute Gasteiger partial charge is 0.321 e. The number of hydrogen-bond donors (Lipinski definition) is 3. The van der Waals surface area contributed by atoms with Crippen molar-refractivity contribution in [3.8, 4) is 0 Å². The number of carbonyl (C=O) groups excluding carboxylic acids is 1. The Morgan fingerprint density at radius 1 is 1.38 bits per heavy atom. The topological polar surface area (TPSA) is 85.7 Å². The molecule has 1 aromatic carbocycles. The summed E-state index contributed by atoms with van der Waals surface area (Å²) in [4.78, 5) is 17.8. The summed E-state index contributed by atoms with van der Waals surface area (Å²) in [7, 11) is 0. The van der Waals surface area contributed by atoms with E-state index in [9.17, 15) is 14.3 Å². The van der Waals surface area contributed by atoms with E-state index in [0.29, 0.717) is 10.7 Å². The zero-order valence-electron chi connectivity index (χ0n) is 15.8. The van der Waals surface area contributed by atoms with Crippen molar-refractivity contribution in [1.29, 1.82) is 0 Å². The van der Waals surface area contributed by atoms with E-state index < -0.39 is 24.2 Å². The van der Waals surface area contributed by atoms with Crippen LogP contribution in [0, 0.1) is 12.7 Å². The number of nitrogens with one attached hydrogen (secondary N) is 1. The van der Waals surface area contributed by atoms with Crippen LogP contribution in [0.1, 0.15) is 35.8 Å². The first-order valence-corrected chi connectivity index (χ1v) is 9.57. The lowest BCUT2D eigenvalue weighted by molar-refractivity contribution is 0.0639. The molecular formula is C20H22ClF2N3O3. The first kappa shape index (κ1) is 21.4. The first-order chi connectivity index (χ1) is 13.7. The van der Waals surface area contributed by atoms with E-state index in [4.69, 9.17) is 16.7 Å². The van der Waals surface area contributed by atoms with Gasteiger partial charge in [-0.2, -0.15) is 0 Å². The van der Waals surface area contributed by atoms with Gasteiger partial charge in [-0.05, 0) is 36.8 Å². The maximum Gasteiger partial charge on any atom is 0.321 e. The van der Waals surface area contributed by atoms with E-state index >= 15 is 4.39 Å². The van der Waals surface area contributed by atoms with Crippen LogP contribution in [-0.4, -0.2) is 45.8 Å². The summed E-state index contributed by atoms with van der Waals surface area (Å²) in [6.45, 7) is 1.43. The molecule has 0 saturated carbocycles. The van der Waals surface area contributed by atoms with Crippen LogP contribution in [0.2, 0.25) is 5.02 Å². The minimum atomic E-state index is -2.01. The van der Waals surface area contributed by atoms with E-state index in [2.05, 4.69) is 10.3 Å². The molecule has 1 aromatic heterocycles. The monoisotopic (exact) mass is 425 g/mol. The number of aliphatic hydroxyl groups excluding tert-OH is 2. The lowest BCUT2D eigenvalue weighted by Crippen LogP contribution is -2.45. The number of amides is 2. The molecule has 0 bridgehead atoms. The van der Waals surface area contributed by atoms with Gasteiger partial charge < -0.3 is 20.4 Å². The predicted octanol–water partition coefficient (Wildman–Crippen LogP) is 3.70. The number of alkyl halides is 1. The molecule has 1 aliphatic heterocycles. The van der Waals surface area contributed by atoms with Gasteiger partial charge in [0, 0.05) is 48.4 Å². The van der Waals surface area contributed by atoms with Gasteiger partial charge in [-0.15, -0.1) is 0 Å². The van der Waals surface area contributed by atoms with Crippen LogP contribution in [0.25, 0.3) is 0 Å². The number of nitrogens with zero attached hydrogens (tertiary/aromatic N) is 2. The number of anilines is 1. The summed E-state index contributed by atoms with van der Waals surface area (Å²) in [5, 5.41) is 21.8. The van der Waals surface area contributed by atoms with Crippen molar-refractivity contribution in [1.82, 2.24) is 9.88 Å². The van der Waals surface area contributed by atoms with E-state index in [0.717, 1.165) is 17.8 Å². The van der Waals surface area contributed by atoms with Gasteiger partial charge >= 0.3 is 6.03 Å². The zero-order chi connectivity index (χ0) is 21.2. The summed E-state index contributed by atoms with van der Waals surface area (Å²) >= 11 is 5.98. The molecule has 1 aliphatic rings. The molecule has 0 radical (unpaired) electrons. The highest BCUT2D eigenvalue weighted by atomic mass is 35.5. The quantitative estimate of drug-likeness (QED) is 0.697. The SMILES string of the molecule is Cc1cc(NC(=O)N2CCC(F)(c3ncc([C@@H](O)CO)cc3F)CC2)ccc1Cl. The second-order valence-electron chi connectivity index (χ2n) is 7.14. The number of pyridine rings is 1. The normalized spacial score (nSPS) is 17.1. The van der Waals surface area contributed by atoms with Crippen molar-refractivity contribution >= 4 is 23.3 Å². The number of likely N-dealkylation sites (tertiary alicyclic amines) is 1. The summed E-state index contributed by atoms with van der Waals surface area (Å²) in [6, 6.07) is 5.71. The second-order valence-corrected chi connectivity index (χ2v) is 7.55. The number of carbonyl (C=O) groups is 1. The number of aliphatic hydroxyl groups is 2. The van der Waals surface area contributed by atoms with Crippen molar-refractivity contribution in [2.24, 2.45) is 0 Å². The Morgan fingerprint density at radius 2 is 2.07 bits per heavy atom. The molecule has 6 nitrogen and oxygen atoms in total. The van der Waals surface area contributed by atoms with Crippen LogP contribution in [0.4, 0.5) is 19.3 Å². The van der Waals surface area contributed by atoms with Crippen molar-refractivity contribution in [3.63, 3.8) is 0 Å². The summed E-state index contributed by atoms with van der Waals surface area (Å²) in [5.41, 5.74) is -0.880. The van der Waals surface area contributed by atoms with Crippen LogP contribution < -0.4 is 5.32 Å². The molecule has 2 amide bonds. The van der Waals surface area contributed by atoms with Gasteiger partial charge in [0.25, 0.3) is 0 Å². The predicted molar refractivity (Wildman–Crippen MR) is 105 cm³/mol. The molecule has 0 aliphatic carbocycles. The number of halogens is 3. The van der Waals surface area contributed by atoms with Gasteiger partial charge in [0.05, 0.1) is 6.61 Å². The Labute approximate surface area is 172 Å². The summed E-state index contributed by atoms with van der Waals surface area (Å²) < 4.78 is 29.7. The Balaban J connectivity index is 1.65. The van der Waals surface area contributed by atoms with E-state index in [1.807, 2.05) is 6.92 Å². The van der Waals surface area contributed by atoms with Crippen molar-refractivity contribution in [2.75, 3.05) is 25.0 Å². The Morgan fingerprint density at radius 3 is 2.66 bits per heavy atom. The number of rotatable bonds is 4. The van der Waals surface area contributed by atoms with Gasteiger partial charge in [-0.1, -0.05) is 11.6 Å². The maximum absolute atomic E-state index is 15.4. The van der Waals surface area contributed by atoms with E-state index in [-0.39, 0.29) is 43.2 Å². The Hall–Kier alpha value is -2.29. The molecule has 2 aromatic rings. The average molecular weight is 426 g/mol. The molecule has 1 atom stereocenters. The fourth-order valence-corrected chi connectivity index (χ4v) is 3.41. The molecule has 156 valence electrons. The number of aryl methyl sites for hydroxylation is 1. The van der Waals surface area contributed by atoms with Crippen LogP contribution >= 0.6 is 11.6 Å². The summed E-state index contributed by atoms with van der Waals surface area (Å²) in [6.07, 6.45) is -0.330. The van der Waals surface area contributed by atoms with Gasteiger partial charge in [-0.25, -0.2) is 13.6 Å². The van der Waals surface area contributed by atoms with Crippen LogP contribution in [-0.2, 0) is 5.67 Å². The van der Waals surface area contributed by atoms with Crippen molar-refractivity contribution in [2.45, 2.75) is 31.5 Å². The summed E-state index contributed by atoms with van der Waals surface area (Å²) in [5.74, 6) is -0.882. The molecule has 0 unspecified atom stereocenters. The van der Waals surface area contributed by atoms with Gasteiger partial charge in [0.15, 0.2) is 5.67 Å². The largest absolute Gasteiger partial charge is 0.393 e. The lowest BCUT2D eigenvalue weighted by Gasteiger charge is -2.36. The third-order valence-electron chi connectivity index (χ3n) is 5.10. The average Bonchev–Trinajstić information content (AvgIpc) is 2.70. The highest BCUT2D eigenvalue weighted by Gasteiger charge is 2.41. The zero-order valence-corrected chi connectivity index (χ0v) is 16.6. The van der Waals surface area contributed by atoms with Crippen molar-refractivity contribution < 1.29 is 23.8 Å². The number of urea groups is 1. The standard InChI is InChI=1S/C20H22ClF2N3O3/c1-12-8-14(2-3-15(12)21)25-19(29)26-6-4-20(23,5-7-26)18-16(22)9-13(10-24-18)17(28)11-27/h2-3,8-10,17,27-28H,4-7,11H2,1H3,(H,25,29)/t17-/m0/s1. The molecule has 0 spiro atoms. The number of hydrogen-bond acceptors (Lipinski definition) is 4. The Kier molecular flexibility index (Phi) is 6.36. The minimum absolute atomic E-state index is 0.0763. The lowest BCUT2D eigenvalue weighted by atomic mass is 9.89. The molecule has 2 heterocycles. The van der Waals surface area contributed by atoms with Crippen LogP contribution in [0.3, 0.4) is 0 Å². The van der Waals surface area contributed by atoms with Crippen molar-refractivity contribution in [3.05, 3.63) is 58.1 Å². The third kappa shape index (κ3) is 4.66. The Bertz CT molecular complexity index is 905. The van der Waals surface area contributed by atoms with E-state index in [1.54, 1.807) is 18.2 Å². The first-order valence-electron chi connectivity index (χ1n) is 9.19. The number of aromatic nitrogens is 1. The van der Waals surface area contributed by atoms with Gasteiger partial charge in [0.1, 0.15) is 17.6 Å². The third-order valence-corrected chi connectivity index (χ3v) is 5.52. The number of piperidine rings is 1. The number of benzene rings is 1. The minimum Gasteiger partial charge on any atom is -0.393 e. The van der Waals surface area contributed by atoms with Crippen LogP contribution in [0.5, 0.6) is 0 Å². The maximum atomic E-state index is 15.4. The van der Waals surface area contributed by atoms with Gasteiger partial charge in [0.2, 0.25) is 0 Å². The van der Waals surface area contributed by atoms with E-state index in [1.165, 1.54) is 4.90 Å². The molecule has 9 heteroatoms.